The first-order chi connectivity index (χ1) is 13.0. The van der Waals surface area contributed by atoms with Crippen LogP contribution in [0.1, 0.15) is 15.2 Å². The number of amides is 1. The van der Waals surface area contributed by atoms with E-state index in [-0.39, 0.29) is 22.5 Å². The Bertz CT molecular complexity index is 1230. The maximum atomic E-state index is 12.7. The number of para-hydroxylation sites is 1. The Balaban J connectivity index is 1.85. The number of hydrogen-bond donors (Lipinski definition) is 1. The van der Waals surface area contributed by atoms with E-state index in [1.165, 1.54) is 17.4 Å². The summed E-state index contributed by atoms with van der Waals surface area (Å²) in [5, 5.41) is 3.61. The fourth-order valence-electron chi connectivity index (χ4n) is 2.73. The Morgan fingerprint density at radius 1 is 1.19 bits per heavy atom. The first kappa shape index (κ1) is 17.6. The molecule has 0 aliphatic carbocycles. The van der Waals surface area contributed by atoms with Gasteiger partial charge in [-0.2, -0.15) is 0 Å². The molecule has 5 nitrogen and oxygen atoms in total. The van der Waals surface area contributed by atoms with Crippen LogP contribution in [0.4, 0.5) is 5.13 Å². The highest BCUT2D eigenvalue weighted by molar-refractivity contribution is 9.10. The quantitative estimate of drug-likeness (QED) is 0.472. The molecule has 4 rings (SSSR count). The Morgan fingerprint density at radius 3 is 2.74 bits per heavy atom. The lowest BCUT2D eigenvalue weighted by molar-refractivity contribution is 0.102. The third-order valence-corrected chi connectivity index (χ3v) is 5.50. The summed E-state index contributed by atoms with van der Waals surface area (Å²) >= 11 is 4.85. The molecule has 0 fully saturated rings. The summed E-state index contributed by atoms with van der Waals surface area (Å²) < 4.78 is 6.80. The zero-order valence-corrected chi connectivity index (χ0v) is 16.6. The van der Waals surface area contributed by atoms with Crippen LogP contribution in [0.25, 0.3) is 22.3 Å². The molecule has 0 saturated carbocycles. The van der Waals surface area contributed by atoms with Crippen LogP contribution in [0, 0.1) is 6.92 Å². The number of carbonyl (C=O) groups excluding carboxylic acids is 1. The van der Waals surface area contributed by atoms with Gasteiger partial charge in [0.2, 0.25) is 0 Å². The molecule has 0 spiro atoms. The van der Waals surface area contributed by atoms with Gasteiger partial charge in [-0.15, -0.1) is 11.3 Å². The number of aromatic nitrogens is 1. The number of carbonyl (C=O) groups is 1. The lowest BCUT2D eigenvalue weighted by Gasteiger charge is -2.08. The third-order valence-electron chi connectivity index (χ3n) is 3.98. The average molecular weight is 441 g/mol. The Hall–Kier alpha value is -2.77. The van der Waals surface area contributed by atoms with Crippen molar-refractivity contribution in [3.63, 3.8) is 0 Å². The first-order valence-electron chi connectivity index (χ1n) is 8.08. The van der Waals surface area contributed by atoms with Crippen molar-refractivity contribution in [2.24, 2.45) is 0 Å². The molecule has 1 amide bonds. The Kier molecular flexibility index (Phi) is 4.63. The second-order valence-electron chi connectivity index (χ2n) is 5.87. The van der Waals surface area contributed by atoms with Crippen molar-refractivity contribution in [3.05, 3.63) is 79.9 Å². The lowest BCUT2D eigenvalue weighted by atomic mass is 10.1. The maximum Gasteiger partial charge on any atom is 0.261 e. The summed E-state index contributed by atoms with van der Waals surface area (Å²) in [5.74, 6) is 0.0210. The van der Waals surface area contributed by atoms with Crippen molar-refractivity contribution in [3.8, 4) is 11.3 Å². The van der Waals surface area contributed by atoms with Gasteiger partial charge in [0.25, 0.3) is 5.91 Å². The molecule has 0 bridgehead atoms. The normalized spacial score (nSPS) is 10.9. The van der Waals surface area contributed by atoms with Gasteiger partial charge in [0.15, 0.2) is 16.1 Å². The second kappa shape index (κ2) is 7.09. The number of aryl methyl sites for hydroxylation is 1. The van der Waals surface area contributed by atoms with Gasteiger partial charge in [-0.25, -0.2) is 4.98 Å². The Morgan fingerprint density at radius 2 is 2.00 bits per heavy atom. The van der Waals surface area contributed by atoms with Crippen molar-refractivity contribution >= 4 is 49.3 Å². The van der Waals surface area contributed by atoms with Crippen molar-refractivity contribution in [2.45, 2.75) is 6.92 Å². The molecule has 4 aromatic rings. The predicted octanol–water partition coefficient (Wildman–Crippen LogP) is 5.24. The topological polar surface area (TPSA) is 72.2 Å². The summed E-state index contributed by atoms with van der Waals surface area (Å²) in [6, 6.07) is 13.8. The lowest BCUT2D eigenvalue weighted by Crippen LogP contribution is -2.13. The molecule has 2 heterocycles. The largest absolute Gasteiger partial charge is 0.455 e. The number of halogens is 1. The Labute approximate surface area is 166 Å². The second-order valence-corrected chi connectivity index (χ2v) is 7.96. The standard InChI is InChI=1S/C20H13BrN2O3S/c1-11-10-22-20(27-11)23-19(25)14-7-4-6-13-16(24)9-17(26-18(13)14)12-5-2-3-8-15(12)21/h2-10H,1H3,(H,22,23,25). The summed E-state index contributed by atoms with van der Waals surface area (Å²) in [6.45, 7) is 1.91. The van der Waals surface area contributed by atoms with Gasteiger partial charge in [0.1, 0.15) is 5.76 Å². The van der Waals surface area contributed by atoms with E-state index >= 15 is 0 Å². The van der Waals surface area contributed by atoms with Crippen molar-refractivity contribution in [2.75, 3.05) is 5.32 Å². The van der Waals surface area contributed by atoms with Crippen LogP contribution >= 0.6 is 27.3 Å². The molecule has 134 valence electrons. The molecule has 0 radical (unpaired) electrons. The van der Waals surface area contributed by atoms with E-state index in [2.05, 4.69) is 26.2 Å². The highest BCUT2D eigenvalue weighted by Crippen LogP contribution is 2.30. The maximum absolute atomic E-state index is 12.7. The van der Waals surface area contributed by atoms with E-state index < -0.39 is 0 Å². The molecule has 7 heteroatoms. The van der Waals surface area contributed by atoms with Gasteiger partial charge in [0, 0.05) is 27.2 Å². The number of thiazole rings is 1. The van der Waals surface area contributed by atoms with Crippen LogP contribution in [0.2, 0.25) is 0 Å². The minimum atomic E-state index is -0.373. The zero-order chi connectivity index (χ0) is 19.0. The predicted molar refractivity (Wildman–Crippen MR) is 110 cm³/mol. The highest BCUT2D eigenvalue weighted by atomic mass is 79.9. The molecule has 2 aromatic carbocycles. The SMILES string of the molecule is Cc1cnc(NC(=O)c2cccc3c(=O)cc(-c4ccccc4Br)oc23)s1. The van der Waals surface area contributed by atoms with E-state index in [1.54, 1.807) is 24.4 Å². The molecule has 0 atom stereocenters. The van der Waals surface area contributed by atoms with Crippen molar-refractivity contribution in [1.82, 2.24) is 4.98 Å². The van der Waals surface area contributed by atoms with Gasteiger partial charge >= 0.3 is 0 Å². The van der Waals surface area contributed by atoms with Gasteiger partial charge in [-0.1, -0.05) is 40.2 Å². The summed E-state index contributed by atoms with van der Waals surface area (Å²) in [6.07, 6.45) is 1.69. The van der Waals surface area contributed by atoms with E-state index in [0.717, 1.165) is 14.9 Å². The fraction of sp³-hybridized carbons (Fsp3) is 0.0500. The fourth-order valence-corrected chi connectivity index (χ4v) is 3.87. The van der Waals surface area contributed by atoms with Crippen LogP contribution < -0.4 is 10.7 Å². The van der Waals surface area contributed by atoms with Gasteiger partial charge < -0.3 is 4.42 Å². The highest BCUT2D eigenvalue weighted by Gasteiger charge is 2.17. The van der Waals surface area contributed by atoms with Crippen molar-refractivity contribution in [1.29, 1.82) is 0 Å². The van der Waals surface area contributed by atoms with E-state index in [4.69, 9.17) is 4.42 Å². The van der Waals surface area contributed by atoms with Crippen LogP contribution in [0.3, 0.4) is 0 Å². The van der Waals surface area contributed by atoms with Crippen molar-refractivity contribution < 1.29 is 9.21 Å². The van der Waals surface area contributed by atoms with Crippen LogP contribution in [0.15, 0.2) is 68.4 Å². The van der Waals surface area contributed by atoms with E-state index in [9.17, 15) is 9.59 Å². The molecule has 0 aliphatic heterocycles. The summed E-state index contributed by atoms with van der Waals surface area (Å²) in [7, 11) is 0. The van der Waals surface area contributed by atoms with Crippen LogP contribution in [0.5, 0.6) is 0 Å². The van der Waals surface area contributed by atoms with Gasteiger partial charge in [-0.3, -0.25) is 14.9 Å². The number of rotatable bonds is 3. The molecular weight excluding hydrogens is 428 g/mol. The number of hydrogen-bond acceptors (Lipinski definition) is 5. The molecule has 0 unspecified atom stereocenters. The first-order valence-corrected chi connectivity index (χ1v) is 9.69. The summed E-state index contributed by atoms with van der Waals surface area (Å²) in [4.78, 5) is 30.5. The average Bonchev–Trinajstić information content (AvgIpc) is 3.06. The molecule has 2 aromatic heterocycles. The zero-order valence-electron chi connectivity index (χ0n) is 14.2. The monoisotopic (exact) mass is 440 g/mol. The minimum Gasteiger partial charge on any atom is -0.455 e. The van der Waals surface area contributed by atoms with Gasteiger partial charge in [-0.05, 0) is 25.1 Å². The molecule has 0 aliphatic rings. The number of nitrogens with one attached hydrogen (secondary N) is 1. The number of nitrogens with zero attached hydrogens (tertiary/aromatic N) is 1. The number of anilines is 1. The van der Waals surface area contributed by atoms with Gasteiger partial charge in [0.05, 0.1) is 10.9 Å². The molecule has 27 heavy (non-hydrogen) atoms. The molecule has 0 saturated heterocycles. The number of benzene rings is 2. The van der Waals surface area contributed by atoms with Crippen LogP contribution in [-0.2, 0) is 0 Å². The van der Waals surface area contributed by atoms with E-state index in [1.807, 2.05) is 31.2 Å². The number of fused-ring (bicyclic) bond motifs is 1. The molecular formula is C20H13BrN2O3S. The smallest absolute Gasteiger partial charge is 0.261 e. The third kappa shape index (κ3) is 3.43. The summed E-state index contributed by atoms with van der Waals surface area (Å²) in [5.41, 5.74) is 1.07. The molecule has 1 N–H and O–H groups in total. The minimum absolute atomic E-state index is 0.207. The van der Waals surface area contributed by atoms with Crippen LogP contribution in [-0.4, -0.2) is 10.9 Å². The van der Waals surface area contributed by atoms with E-state index in [0.29, 0.717) is 16.3 Å².